The van der Waals surface area contributed by atoms with Crippen molar-refractivity contribution < 1.29 is 14.3 Å². The Morgan fingerprint density at radius 3 is 2.57 bits per heavy atom. The molecule has 2 aliphatic heterocycles. The van der Waals surface area contributed by atoms with Gasteiger partial charge in [0.25, 0.3) is 0 Å². The van der Waals surface area contributed by atoms with Crippen LogP contribution in [0.1, 0.15) is 25.5 Å². The predicted molar refractivity (Wildman–Crippen MR) is 92.4 cm³/mol. The molecule has 0 aromatic heterocycles. The topological polar surface area (TPSA) is 50.8 Å². The number of carbonyl (C=O) groups excluding carboxylic acids is 1. The molecule has 0 saturated carbocycles. The van der Waals surface area contributed by atoms with E-state index in [1.54, 1.807) is 0 Å². The standard InChI is InChI=1S/C17H24N2O3S/c1-12(2)16(18-17(20)19-5-9-23-10-6-19)13-3-4-14-15(11-13)22-8-7-21-14/h3-4,11-12,16H,5-10H2,1-2H3,(H,18,20). The van der Waals surface area contributed by atoms with E-state index in [9.17, 15) is 4.79 Å². The van der Waals surface area contributed by atoms with Crippen LogP contribution in [-0.4, -0.2) is 48.7 Å². The van der Waals surface area contributed by atoms with Gasteiger partial charge in [-0.3, -0.25) is 0 Å². The SMILES string of the molecule is CC(C)C(NC(=O)N1CCSCC1)c1ccc2c(c1)OCCO2. The van der Waals surface area contributed by atoms with Crippen molar-refractivity contribution in [3.63, 3.8) is 0 Å². The summed E-state index contributed by atoms with van der Waals surface area (Å²) in [6.07, 6.45) is 0. The van der Waals surface area contributed by atoms with Crippen molar-refractivity contribution in [2.75, 3.05) is 37.8 Å². The van der Waals surface area contributed by atoms with Crippen LogP contribution >= 0.6 is 11.8 Å². The van der Waals surface area contributed by atoms with Crippen molar-refractivity contribution in [3.05, 3.63) is 23.8 Å². The lowest BCUT2D eigenvalue weighted by atomic mass is 9.95. The highest BCUT2D eigenvalue weighted by Gasteiger charge is 2.24. The van der Waals surface area contributed by atoms with Crippen molar-refractivity contribution in [1.29, 1.82) is 0 Å². The van der Waals surface area contributed by atoms with Crippen LogP contribution in [0.3, 0.4) is 0 Å². The Bertz CT molecular complexity index is 559. The van der Waals surface area contributed by atoms with Crippen molar-refractivity contribution in [2.45, 2.75) is 19.9 Å². The fourth-order valence-electron chi connectivity index (χ4n) is 2.88. The number of urea groups is 1. The van der Waals surface area contributed by atoms with Crippen LogP contribution in [0.5, 0.6) is 11.5 Å². The average molecular weight is 336 g/mol. The van der Waals surface area contributed by atoms with Crippen molar-refractivity contribution in [1.82, 2.24) is 10.2 Å². The Morgan fingerprint density at radius 1 is 1.17 bits per heavy atom. The number of nitrogens with zero attached hydrogens (tertiary/aromatic N) is 1. The molecule has 2 amide bonds. The number of benzene rings is 1. The molecule has 0 bridgehead atoms. The number of hydrogen-bond acceptors (Lipinski definition) is 4. The van der Waals surface area contributed by atoms with Gasteiger partial charge in [0.2, 0.25) is 0 Å². The lowest BCUT2D eigenvalue weighted by molar-refractivity contribution is 0.171. The zero-order chi connectivity index (χ0) is 16.2. The van der Waals surface area contributed by atoms with Crippen LogP contribution < -0.4 is 14.8 Å². The van der Waals surface area contributed by atoms with Gasteiger partial charge in [0.05, 0.1) is 6.04 Å². The summed E-state index contributed by atoms with van der Waals surface area (Å²) in [5.74, 6) is 3.87. The van der Waals surface area contributed by atoms with E-state index in [1.165, 1.54) is 0 Å². The first kappa shape index (κ1) is 16.3. The Labute approximate surface area is 141 Å². The fraction of sp³-hybridized carbons (Fsp3) is 0.588. The van der Waals surface area contributed by atoms with Gasteiger partial charge in [-0.05, 0) is 23.6 Å². The van der Waals surface area contributed by atoms with Gasteiger partial charge in [0, 0.05) is 24.6 Å². The van der Waals surface area contributed by atoms with Crippen molar-refractivity contribution >= 4 is 17.8 Å². The molecule has 0 spiro atoms. The largest absolute Gasteiger partial charge is 0.486 e. The fourth-order valence-corrected chi connectivity index (χ4v) is 3.78. The third kappa shape index (κ3) is 3.86. The van der Waals surface area contributed by atoms with E-state index in [2.05, 4.69) is 19.2 Å². The average Bonchev–Trinajstić information content (AvgIpc) is 2.59. The summed E-state index contributed by atoms with van der Waals surface area (Å²) < 4.78 is 11.2. The summed E-state index contributed by atoms with van der Waals surface area (Å²) in [6, 6.07) is 5.94. The molecule has 5 nitrogen and oxygen atoms in total. The number of thioether (sulfide) groups is 1. The number of nitrogens with one attached hydrogen (secondary N) is 1. The second kappa shape index (κ2) is 7.34. The monoisotopic (exact) mass is 336 g/mol. The molecule has 126 valence electrons. The molecular weight excluding hydrogens is 312 g/mol. The summed E-state index contributed by atoms with van der Waals surface area (Å²) in [7, 11) is 0. The minimum atomic E-state index is -0.0343. The first-order chi connectivity index (χ1) is 11.1. The van der Waals surface area contributed by atoms with E-state index in [-0.39, 0.29) is 12.1 Å². The zero-order valence-electron chi connectivity index (χ0n) is 13.7. The molecule has 1 atom stereocenters. The summed E-state index contributed by atoms with van der Waals surface area (Å²) >= 11 is 1.90. The lowest BCUT2D eigenvalue weighted by Gasteiger charge is -2.31. The summed E-state index contributed by atoms with van der Waals surface area (Å²) in [6.45, 7) is 7.04. The highest BCUT2D eigenvalue weighted by atomic mass is 32.2. The molecule has 0 radical (unpaired) electrons. The van der Waals surface area contributed by atoms with Crippen LogP contribution in [0.15, 0.2) is 18.2 Å². The highest BCUT2D eigenvalue weighted by Crippen LogP contribution is 2.34. The van der Waals surface area contributed by atoms with Crippen LogP contribution in [0.2, 0.25) is 0 Å². The van der Waals surface area contributed by atoms with Gasteiger partial charge in [-0.25, -0.2) is 4.79 Å². The van der Waals surface area contributed by atoms with E-state index in [1.807, 2.05) is 34.9 Å². The zero-order valence-corrected chi connectivity index (χ0v) is 14.5. The van der Waals surface area contributed by atoms with Gasteiger partial charge in [-0.2, -0.15) is 11.8 Å². The minimum absolute atomic E-state index is 0.0267. The van der Waals surface area contributed by atoms with E-state index in [4.69, 9.17) is 9.47 Å². The van der Waals surface area contributed by atoms with Crippen molar-refractivity contribution in [3.8, 4) is 11.5 Å². The number of ether oxygens (including phenoxy) is 2. The van der Waals surface area contributed by atoms with Gasteiger partial charge in [-0.15, -0.1) is 0 Å². The summed E-state index contributed by atoms with van der Waals surface area (Å²) in [5.41, 5.74) is 1.06. The van der Waals surface area contributed by atoms with Gasteiger partial charge < -0.3 is 19.7 Å². The molecule has 1 unspecified atom stereocenters. The highest BCUT2D eigenvalue weighted by molar-refractivity contribution is 7.99. The van der Waals surface area contributed by atoms with Crippen molar-refractivity contribution in [2.24, 2.45) is 5.92 Å². The molecule has 1 saturated heterocycles. The third-order valence-electron chi connectivity index (χ3n) is 4.17. The Kier molecular flexibility index (Phi) is 5.20. The predicted octanol–water partition coefficient (Wildman–Crippen LogP) is 2.91. The lowest BCUT2D eigenvalue weighted by Crippen LogP contribution is -2.46. The summed E-state index contributed by atoms with van der Waals surface area (Å²) in [4.78, 5) is 14.4. The van der Waals surface area contributed by atoms with Gasteiger partial charge in [0.1, 0.15) is 13.2 Å². The molecule has 1 fully saturated rings. The number of fused-ring (bicyclic) bond motifs is 1. The smallest absolute Gasteiger partial charge is 0.317 e. The Balaban J connectivity index is 1.74. The van der Waals surface area contributed by atoms with Gasteiger partial charge >= 0.3 is 6.03 Å². The van der Waals surface area contributed by atoms with Gasteiger partial charge in [0.15, 0.2) is 11.5 Å². The molecule has 1 aromatic rings. The van der Waals surface area contributed by atoms with Gasteiger partial charge in [-0.1, -0.05) is 19.9 Å². The van der Waals surface area contributed by atoms with E-state index >= 15 is 0 Å². The summed E-state index contributed by atoms with van der Waals surface area (Å²) in [5, 5.41) is 3.19. The molecule has 3 rings (SSSR count). The molecule has 23 heavy (non-hydrogen) atoms. The van der Waals surface area contributed by atoms with E-state index in [0.29, 0.717) is 19.1 Å². The molecule has 0 aliphatic carbocycles. The van der Waals surface area contributed by atoms with E-state index < -0.39 is 0 Å². The van der Waals surface area contributed by atoms with E-state index in [0.717, 1.165) is 41.7 Å². The molecule has 2 heterocycles. The van der Waals surface area contributed by atoms with Crippen LogP contribution in [-0.2, 0) is 0 Å². The molecule has 1 N–H and O–H groups in total. The first-order valence-corrected chi connectivity index (χ1v) is 9.33. The molecule has 6 heteroatoms. The number of amides is 2. The van der Waals surface area contributed by atoms with Crippen LogP contribution in [0.25, 0.3) is 0 Å². The Hall–Kier alpha value is -1.56. The number of hydrogen-bond donors (Lipinski definition) is 1. The third-order valence-corrected chi connectivity index (χ3v) is 5.11. The maximum absolute atomic E-state index is 12.5. The molecule has 2 aliphatic rings. The quantitative estimate of drug-likeness (QED) is 0.922. The minimum Gasteiger partial charge on any atom is -0.486 e. The first-order valence-electron chi connectivity index (χ1n) is 8.18. The van der Waals surface area contributed by atoms with Crippen LogP contribution in [0.4, 0.5) is 4.79 Å². The number of rotatable bonds is 3. The number of carbonyl (C=O) groups is 1. The maximum Gasteiger partial charge on any atom is 0.317 e. The maximum atomic E-state index is 12.5. The Morgan fingerprint density at radius 2 is 1.87 bits per heavy atom. The second-order valence-corrected chi connectivity index (χ2v) is 7.40. The second-order valence-electron chi connectivity index (χ2n) is 6.17. The molecule has 1 aromatic carbocycles. The molecular formula is C17H24N2O3S. The normalized spacial score (nSPS) is 18.7. The van der Waals surface area contributed by atoms with Crippen LogP contribution in [0, 0.1) is 5.92 Å².